The van der Waals surface area contributed by atoms with Crippen LogP contribution in [0.3, 0.4) is 0 Å². The maximum Gasteiger partial charge on any atom is -0.0325 e. The zero-order valence-electron chi connectivity index (χ0n) is 6.85. The molecular weight excluding hydrogens is 108 g/mol. The van der Waals surface area contributed by atoms with Gasteiger partial charge in [0.2, 0.25) is 0 Å². The molecule has 1 unspecified atom stereocenters. The Morgan fingerprint density at radius 2 is 2.11 bits per heavy atom. The summed E-state index contributed by atoms with van der Waals surface area (Å²) in [5, 5.41) is 0. The number of hydrogen-bond acceptors (Lipinski definition) is 0. The summed E-state index contributed by atoms with van der Waals surface area (Å²) >= 11 is 0. The van der Waals surface area contributed by atoms with E-state index in [0.29, 0.717) is 0 Å². The standard InChI is InChI=1S/C9H18/c1-4-6-8-9(3)7-5-2/h4,6,9H,5,7-8H2,1-3H3. The molecular formula is C9H18. The number of hydrogen-bond donors (Lipinski definition) is 0. The first-order valence-corrected chi connectivity index (χ1v) is 3.92. The molecule has 0 aromatic carbocycles. The fourth-order valence-corrected chi connectivity index (χ4v) is 0.979. The Morgan fingerprint density at radius 1 is 1.44 bits per heavy atom. The minimum Gasteiger partial charge on any atom is -0.0917 e. The normalized spacial score (nSPS) is 14.6. The van der Waals surface area contributed by atoms with Crippen molar-refractivity contribution in [2.45, 2.75) is 40.0 Å². The first-order chi connectivity index (χ1) is 4.31. The third-order valence-electron chi connectivity index (χ3n) is 1.56. The Labute approximate surface area is 59.0 Å². The van der Waals surface area contributed by atoms with Gasteiger partial charge < -0.3 is 0 Å². The maximum atomic E-state index is 2.31. The van der Waals surface area contributed by atoms with Crippen LogP contribution in [0.15, 0.2) is 12.2 Å². The maximum absolute atomic E-state index is 2.31. The van der Waals surface area contributed by atoms with Gasteiger partial charge in [-0.1, -0.05) is 38.8 Å². The van der Waals surface area contributed by atoms with Crippen molar-refractivity contribution < 1.29 is 0 Å². The third-order valence-corrected chi connectivity index (χ3v) is 1.56. The Morgan fingerprint density at radius 3 is 2.56 bits per heavy atom. The van der Waals surface area contributed by atoms with Gasteiger partial charge in [0.15, 0.2) is 0 Å². The predicted molar refractivity (Wildman–Crippen MR) is 43.5 cm³/mol. The molecule has 0 heteroatoms. The van der Waals surface area contributed by atoms with Gasteiger partial charge >= 0.3 is 0 Å². The lowest BCUT2D eigenvalue weighted by Crippen LogP contribution is -1.89. The second-order valence-corrected chi connectivity index (χ2v) is 2.70. The van der Waals surface area contributed by atoms with E-state index in [1.54, 1.807) is 0 Å². The largest absolute Gasteiger partial charge is 0.0917 e. The van der Waals surface area contributed by atoms with E-state index in [-0.39, 0.29) is 0 Å². The highest BCUT2D eigenvalue weighted by Gasteiger charge is 1.94. The van der Waals surface area contributed by atoms with Crippen molar-refractivity contribution in [3.05, 3.63) is 12.2 Å². The van der Waals surface area contributed by atoms with E-state index in [1.165, 1.54) is 19.3 Å². The molecule has 0 rings (SSSR count). The number of allylic oxidation sites excluding steroid dienone is 2. The summed E-state index contributed by atoms with van der Waals surface area (Å²) in [5.74, 6) is 0.881. The van der Waals surface area contributed by atoms with Gasteiger partial charge in [-0.2, -0.15) is 0 Å². The molecule has 0 nitrogen and oxygen atoms in total. The molecule has 9 heavy (non-hydrogen) atoms. The lowest BCUT2D eigenvalue weighted by molar-refractivity contribution is 0.532. The van der Waals surface area contributed by atoms with Crippen LogP contribution in [0.5, 0.6) is 0 Å². The van der Waals surface area contributed by atoms with E-state index in [2.05, 4.69) is 32.9 Å². The summed E-state index contributed by atoms with van der Waals surface area (Å²) in [6.45, 7) is 6.63. The van der Waals surface area contributed by atoms with Crippen LogP contribution in [-0.4, -0.2) is 0 Å². The van der Waals surface area contributed by atoms with Crippen LogP contribution in [0, 0.1) is 5.92 Å². The monoisotopic (exact) mass is 126 g/mol. The third kappa shape index (κ3) is 5.61. The highest BCUT2D eigenvalue weighted by molar-refractivity contribution is 4.78. The molecule has 0 amide bonds. The Bertz CT molecular complexity index is 72.1. The molecule has 0 aliphatic heterocycles. The average molecular weight is 126 g/mol. The quantitative estimate of drug-likeness (QED) is 0.506. The second kappa shape index (κ2) is 5.87. The van der Waals surface area contributed by atoms with Gasteiger partial charge in [0.1, 0.15) is 0 Å². The van der Waals surface area contributed by atoms with Crippen molar-refractivity contribution in [2.75, 3.05) is 0 Å². The first kappa shape index (κ1) is 8.74. The van der Waals surface area contributed by atoms with E-state index in [0.717, 1.165) is 5.92 Å². The van der Waals surface area contributed by atoms with Crippen LogP contribution in [0.4, 0.5) is 0 Å². The second-order valence-electron chi connectivity index (χ2n) is 2.70. The molecule has 0 bridgehead atoms. The predicted octanol–water partition coefficient (Wildman–Crippen LogP) is 3.39. The van der Waals surface area contributed by atoms with Crippen molar-refractivity contribution in [1.29, 1.82) is 0 Å². The van der Waals surface area contributed by atoms with E-state index >= 15 is 0 Å². The molecule has 0 aromatic heterocycles. The van der Waals surface area contributed by atoms with E-state index in [9.17, 15) is 0 Å². The summed E-state index contributed by atoms with van der Waals surface area (Å²) in [6, 6.07) is 0. The molecule has 54 valence electrons. The van der Waals surface area contributed by atoms with E-state index < -0.39 is 0 Å². The van der Waals surface area contributed by atoms with Crippen LogP contribution in [0.1, 0.15) is 40.0 Å². The summed E-state index contributed by atoms with van der Waals surface area (Å²) < 4.78 is 0. The minimum atomic E-state index is 0.881. The van der Waals surface area contributed by atoms with Gasteiger partial charge in [0.25, 0.3) is 0 Å². The SMILES string of the molecule is CC=CCC(C)CCC. The van der Waals surface area contributed by atoms with Crippen LogP contribution in [0.2, 0.25) is 0 Å². The first-order valence-electron chi connectivity index (χ1n) is 3.92. The molecule has 0 spiro atoms. The summed E-state index contributed by atoms with van der Waals surface area (Å²) in [7, 11) is 0. The van der Waals surface area contributed by atoms with Crippen LogP contribution < -0.4 is 0 Å². The molecule has 0 saturated carbocycles. The van der Waals surface area contributed by atoms with Gasteiger partial charge in [0, 0.05) is 0 Å². The molecule has 0 heterocycles. The molecule has 0 aliphatic carbocycles. The topological polar surface area (TPSA) is 0 Å². The molecule has 0 N–H and O–H groups in total. The Balaban J connectivity index is 3.15. The summed E-state index contributed by atoms with van der Waals surface area (Å²) in [4.78, 5) is 0. The van der Waals surface area contributed by atoms with Crippen molar-refractivity contribution in [3.8, 4) is 0 Å². The summed E-state index contributed by atoms with van der Waals surface area (Å²) in [6.07, 6.45) is 8.32. The van der Waals surface area contributed by atoms with Gasteiger partial charge in [0.05, 0.1) is 0 Å². The van der Waals surface area contributed by atoms with Crippen molar-refractivity contribution in [3.63, 3.8) is 0 Å². The van der Waals surface area contributed by atoms with Crippen LogP contribution in [-0.2, 0) is 0 Å². The molecule has 0 radical (unpaired) electrons. The van der Waals surface area contributed by atoms with Gasteiger partial charge in [-0.05, 0) is 19.3 Å². The van der Waals surface area contributed by atoms with Gasteiger partial charge in [-0.25, -0.2) is 0 Å². The molecule has 0 fully saturated rings. The highest BCUT2D eigenvalue weighted by Crippen LogP contribution is 2.09. The molecule has 0 aromatic rings. The summed E-state index contributed by atoms with van der Waals surface area (Å²) in [5.41, 5.74) is 0. The lowest BCUT2D eigenvalue weighted by atomic mass is 10.0. The van der Waals surface area contributed by atoms with Crippen LogP contribution in [0.25, 0.3) is 0 Å². The minimum absolute atomic E-state index is 0.881. The molecule has 0 aliphatic rings. The Hall–Kier alpha value is -0.260. The van der Waals surface area contributed by atoms with Gasteiger partial charge in [-0.3, -0.25) is 0 Å². The fourth-order valence-electron chi connectivity index (χ4n) is 0.979. The van der Waals surface area contributed by atoms with E-state index in [4.69, 9.17) is 0 Å². The van der Waals surface area contributed by atoms with E-state index in [1.807, 2.05) is 0 Å². The van der Waals surface area contributed by atoms with Crippen molar-refractivity contribution in [2.24, 2.45) is 5.92 Å². The van der Waals surface area contributed by atoms with Crippen molar-refractivity contribution in [1.82, 2.24) is 0 Å². The van der Waals surface area contributed by atoms with Gasteiger partial charge in [-0.15, -0.1) is 0 Å². The van der Waals surface area contributed by atoms with Crippen molar-refractivity contribution >= 4 is 0 Å². The molecule has 0 saturated heterocycles. The average Bonchev–Trinajstić information content (AvgIpc) is 1.85. The highest BCUT2D eigenvalue weighted by atomic mass is 14.0. The fraction of sp³-hybridized carbons (Fsp3) is 0.778. The van der Waals surface area contributed by atoms with Crippen LogP contribution >= 0.6 is 0 Å². The lowest BCUT2D eigenvalue weighted by Gasteiger charge is -2.04. The zero-order valence-corrected chi connectivity index (χ0v) is 6.85. The zero-order chi connectivity index (χ0) is 7.11. The number of rotatable bonds is 4. The Kier molecular flexibility index (Phi) is 5.70. The smallest absolute Gasteiger partial charge is 0.0325 e. The molecule has 1 atom stereocenters.